The fourth-order valence-corrected chi connectivity index (χ4v) is 3.91. The Morgan fingerprint density at radius 3 is 2.62 bits per heavy atom. The van der Waals surface area contributed by atoms with Crippen LogP contribution in [0.25, 0.3) is 11.3 Å². The van der Waals surface area contributed by atoms with Gasteiger partial charge in [-0.15, -0.1) is 5.10 Å². The van der Waals surface area contributed by atoms with Crippen molar-refractivity contribution >= 4 is 5.65 Å². The quantitative estimate of drug-likeness (QED) is 0.728. The van der Waals surface area contributed by atoms with Crippen LogP contribution in [0.5, 0.6) is 0 Å². The predicted octanol–water partition coefficient (Wildman–Crippen LogP) is 2.84. The van der Waals surface area contributed by atoms with E-state index >= 15 is 0 Å². The minimum Gasteiger partial charge on any atom is -0.279 e. The Morgan fingerprint density at radius 2 is 1.85 bits per heavy atom. The van der Waals surface area contributed by atoms with Crippen LogP contribution in [0.4, 0.5) is 0 Å². The number of aryl methyl sites for hydroxylation is 2. The molecule has 1 fully saturated rings. The normalized spacial score (nSPS) is 15.6. The molecular weight excluding hydrogens is 328 g/mol. The molecule has 2 heterocycles. The van der Waals surface area contributed by atoms with E-state index in [2.05, 4.69) is 5.10 Å². The molecule has 4 rings (SSSR count). The Labute approximate surface area is 151 Å². The van der Waals surface area contributed by atoms with Gasteiger partial charge in [0, 0.05) is 18.9 Å². The number of nitrogens with zero attached hydrogens (tertiary/aromatic N) is 4. The second-order valence-corrected chi connectivity index (χ2v) is 7.43. The van der Waals surface area contributed by atoms with Crippen molar-refractivity contribution in [1.82, 2.24) is 18.7 Å². The Balaban J connectivity index is 1.79. The third-order valence-electron chi connectivity index (χ3n) is 5.43. The Bertz CT molecular complexity index is 1070. The number of aromatic nitrogens is 4. The van der Waals surface area contributed by atoms with Crippen LogP contribution >= 0.6 is 0 Å². The lowest BCUT2D eigenvalue weighted by Gasteiger charge is -2.20. The summed E-state index contributed by atoms with van der Waals surface area (Å²) in [4.78, 5) is 25.6. The fraction of sp³-hybridized carbons (Fsp3) is 0.450. The van der Waals surface area contributed by atoms with E-state index < -0.39 is 0 Å². The van der Waals surface area contributed by atoms with Crippen molar-refractivity contribution in [3.05, 3.63) is 62.6 Å². The van der Waals surface area contributed by atoms with Gasteiger partial charge in [-0.2, -0.15) is 0 Å². The van der Waals surface area contributed by atoms with Gasteiger partial charge in [-0.1, -0.05) is 31.4 Å². The molecule has 0 bridgehead atoms. The highest BCUT2D eigenvalue weighted by atomic mass is 16.2. The van der Waals surface area contributed by atoms with E-state index in [1.165, 1.54) is 28.3 Å². The summed E-state index contributed by atoms with van der Waals surface area (Å²) in [5.41, 5.74) is 2.61. The highest BCUT2D eigenvalue weighted by Crippen LogP contribution is 2.24. The molecule has 0 radical (unpaired) electrons. The Kier molecular flexibility index (Phi) is 4.26. The van der Waals surface area contributed by atoms with Gasteiger partial charge in [0.15, 0.2) is 0 Å². The third-order valence-corrected chi connectivity index (χ3v) is 5.43. The van der Waals surface area contributed by atoms with Gasteiger partial charge in [-0.3, -0.25) is 9.36 Å². The molecule has 0 unspecified atom stereocenters. The summed E-state index contributed by atoms with van der Waals surface area (Å²) < 4.78 is 4.42. The molecule has 0 amide bonds. The average Bonchev–Trinajstić information content (AvgIpc) is 2.96. The molecule has 6 nitrogen and oxygen atoms in total. The van der Waals surface area contributed by atoms with Gasteiger partial charge in [-0.05, 0) is 49.8 Å². The monoisotopic (exact) mass is 352 g/mol. The summed E-state index contributed by atoms with van der Waals surface area (Å²) >= 11 is 0. The molecule has 0 saturated heterocycles. The second kappa shape index (κ2) is 6.59. The number of fused-ring (bicyclic) bond motifs is 1. The highest BCUT2D eigenvalue weighted by Gasteiger charge is 2.18. The van der Waals surface area contributed by atoms with Gasteiger partial charge in [0.2, 0.25) is 5.65 Å². The molecule has 1 aromatic carbocycles. The van der Waals surface area contributed by atoms with Crippen molar-refractivity contribution in [2.75, 3.05) is 0 Å². The third kappa shape index (κ3) is 2.89. The smallest absolute Gasteiger partial charge is 0.279 e. The minimum atomic E-state index is -0.263. The largest absolute Gasteiger partial charge is 0.350 e. The number of hydrogen-bond acceptors (Lipinski definition) is 3. The molecule has 0 aliphatic heterocycles. The first-order chi connectivity index (χ1) is 12.5. The SMILES string of the molecule is Cc1ccc(C)c(-n2ccn3c(=O)n(CC4CCCCC4)nc3c2=O)c1. The molecule has 26 heavy (non-hydrogen) atoms. The topological polar surface area (TPSA) is 61.3 Å². The molecule has 2 aromatic heterocycles. The van der Waals surface area contributed by atoms with E-state index in [9.17, 15) is 9.59 Å². The average molecular weight is 352 g/mol. The van der Waals surface area contributed by atoms with Gasteiger partial charge in [0.1, 0.15) is 0 Å². The van der Waals surface area contributed by atoms with Gasteiger partial charge in [-0.25, -0.2) is 13.9 Å². The van der Waals surface area contributed by atoms with E-state index in [0.717, 1.165) is 29.7 Å². The van der Waals surface area contributed by atoms with Crippen LogP contribution in [0, 0.1) is 19.8 Å². The summed E-state index contributed by atoms with van der Waals surface area (Å²) in [5.74, 6) is 0.479. The van der Waals surface area contributed by atoms with Crippen molar-refractivity contribution in [2.24, 2.45) is 5.92 Å². The summed E-state index contributed by atoms with van der Waals surface area (Å²) in [6, 6.07) is 5.99. The minimum absolute atomic E-state index is 0.189. The first-order valence-electron chi connectivity index (χ1n) is 9.33. The van der Waals surface area contributed by atoms with Gasteiger partial charge < -0.3 is 0 Å². The lowest BCUT2D eigenvalue weighted by Crippen LogP contribution is -2.26. The summed E-state index contributed by atoms with van der Waals surface area (Å²) in [6.07, 6.45) is 9.27. The second-order valence-electron chi connectivity index (χ2n) is 7.43. The number of hydrogen-bond donors (Lipinski definition) is 0. The molecule has 1 aliphatic carbocycles. The van der Waals surface area contributed by atoms with Crippen molar-refractivity contribution in [1.29, 1.82) is 0 Å². The van der Waals surface area contributed by atoms with Crippen molar-refractivity contribution < 1.29 is 0 Å². The van der Waals surface area contributed by atoms with Crippen LogP contribution in [0.1, 0.15) is 43.2 Å². The van der Waals surface area contributed by atoms with Crippen molar-refractivity contribution in [3.63, 3.8) is 0 Å². The first kappa shape index (κ1) is 16.8. The molecule has 1 saturated carbocycles. The van der Waals surface area contributed by atoms with Crippen LogP contribution in [0.2, 0.25) is 0 Å². The van der Waals surface area contributed by atoms with E-state index in [1.807, 2.05) is 32.0 Å². The molecule has 0 N–H and O–H groups in total. The highest BCUT2D eigenvalue weighted by molar-refractivity contribution is 5.46. The maximum atomic E-state index is 13.0. The zero-order valence-corrected chi connectivity index (χ0v) is 15.3. The van der Waals surface area contributed by atoms with Gasteiger partial charge >= 0.3 is 11.2 Å². The Morgan fingerprint density at radius 1 is 1.08 bits per heavy atom. The molecule has 0 atom stereocenters. The predicted molar refractivity (Wildman–Crippen MR) is 101 cm³/mol. The van der Waals surface area contributed by atoms with Gasteiger partial charge in [0.25, 0.3) is 0 Å². The molecule has 0 spiro atoms. The van der Waals surface area contributed by atoms with Crippen molar-refractivity contribution in [3.8, 4) is 5.69 Å². The molecule has 6 heteroatoms. The molecule has 1 aliphatic rings. The zero-order valence-electron chi connectivity index (χ0n) is 15.3. The van der Waals surface area contributed by atoms with E-state index in [-0.39, 0.29) is 16.9 Å². The molecule has 3 aromatic rings. The Hall–Kier alpha value is -2.63. The van der Waals surface area contributed by atoms with Crippen molar-refractivity contribution in [2.45, 2.75) is 52.5 Å². The van der Waals surface area contributed by atoms with Gasteiger partial charge in [0.05, 0.1) is 5.69 Å². The van der Waals surface area contributed by atoms with E-state index in [4.69, 9.17) is 0 Å². The lowest BCUT2D eigenvalue weighted by molar-refractivity contribution is 0.304. The number of benzene rings is 1. The summed E-state index contributed by atoms with van der Waals surface area (Å²) in [5, 5.41) is 4.38. The zero-order chi connectivity index (χ0) is 18.3. The van der Waals surface area contributed by atoms with Crippen LogP contribution in [0.3, 0.4) is 0 Å². The standard InChI is InChI=1S/C20H24N4O2/c1-14-8-9-15(2)17(12-14)22-10-11-23-18(19(22)25)21-24(20(23)26)13-16-6-4-3-5-7-16/h8-12,16H,3-7,13H2,1-2H3. The van der Waals surface area contributed by atoms with Crippen LogP contribution in [0.15, 0.2) is 40.2 Å². The lowest BCUT2D eigenvalue weighted by atomic mass is 9.89. The summed E-state index contributed by atoms with van der Waals surface area (Å²) in [7, 11) is 0. The first-order valence-corrected chi connectivity index (χ1v) is 9.33. The van der Waals surface area contributed by atoms with Crippen LogP contribution < -0.4 is 11.2 Å². The summed E-state index contributed by atoms with van der Waals surface area (Å²) in [6.45, 7) is 4.57. The van der Waals surface area contributed by atoms with E-state index in [1.54, 1.807) is 17.0 Å². The van der Waals surface area contributed by atoms with Crippen LogP contribution in [-0.4, -0.2) is 18.7 Å². The molecule has 136 valence electrons. The molecular formula is C20H24N4O2. The van der Waals surface area contributed by atoms with E-state index in [0.29, 0.717) is 12.5 Å². The maximum absolute atomic E-state index is 13.0. The maximum Gasteiger partial charge on any atom is 0.350 e. The van der Waals surface area contributed by atoms with Crippen LogP contribution in [-0.2, 0) is 6.54 Å². The number of rotatable bonds is 3. The fourth-order valence-electron chi connectivity index (χ4n) is 3.91.